The first-order chi connectivity index (χ1) is 8.06. The van der Waals surface area contributed by atoms with Crippen LogP contribution in [0.3, 0.4) is 0 Å². The van der Waals surface area contributed by atoms with E-state index in [4.69, 9.17) is 0 Å². The summed E-state index contributed by atoms with van der Waals surface area (Å²) in [6, 6.07) is 4.61. The summed E-state index contributed by atoms with van der Waals surface area (Å²) >= 11 is 3.30. The third-order valence-corrected chi connectivity index (χ3v) is 3.77. The minimum atomic E-state index is -0.426. The molecule has 0 amide bonds. The zero-order chi connectivity index (χ0) is 12.5. The molecule has 6 heteroatoms. The average Bonchev–Trinajstić information content (AvgIpc) is 3.08. The van der Waals surface area contributed by atoms with E-state index in [1.807, 2.05) is 0 Å². The molecule has 1 aromatic carbocycles. The molecule has 5 nitrogen and oxygen atoms in total. The number of aliphatic hydroxyl groups is 1. The molecule has 92 valence electrons. The number of anilines is 1. The molecule has 0 heterocycles. The molecule has 0 aromatic heterocycles. The van der Waals surface area contributed by atoms with Crippen LogP contribution in [-0.4, -0.2) is 23.2 Å². The van der Waals surface area contributed by atoms with Gasteiger partial charge in [-0.2, -0.15) is 0 Å². The topological polar surface area (TPSA) is 75.4 Å². The Hall–Kier alpha value is -1.14. The summed E-state index contributed by atoms with van der Waals surface area (Å²) in [5, 5.41) is 23.0. The quantitative estimate of drug-likeness (QED) is 0.647. The van der Waals surface area contributed by atoms with Gasteiger partial charge in [-0.15, -0.1) is 0 Å². The van der Waals surface area contributed by atoms with Gasteiger partial charge in [-0.3, -0.25) is 10.1 Å². The second kappa shape index (κ2) is 4.62. The highest BCUT2D eigenvalue weighted by Crippen LogP contribution is 2.45. The number of nitrogens with one attached hydrogen (secondary N) is 1. The maximum atomic E-state index is 10.6. The summed E-state index contributed by atoms with van der Waals surface area (Å²) in [7, 11) is 0. The molecule has 0 unspecified atom stereocenters. The maximum Gasteiger partial charge on any atom is 0.270 e. The average molecular weight is 301 g/mol. The lowest BCUT2D eigenvalue weighted by molar-refractivity contribution is -0.384. The number of nitrogens with zero attached hydrogens (tertiary/aromatic N) is 1. The number of nitro benzene ring substituents is 1. The molecular weight excluding hydrogens is 288 g/mol. The molecule has 0 radical (unpaired) electrons. The van der Waals surface area contributed by atoms with E-state index in [-0.39, 0.29) is 17.7 Å². The van der Waals surface area contributed by atoms with E-state index in [2.05, 4.69) is 21.2 Å². The Labute approximate surface area is 107 Å². The van der Waals surface area contributed by atoms with E-state index < -0.39 is 4.92 Å². The summed E-state index contributed by atoms with van der Waals surface area (Å²) in [5.41, 5.74) is 0.891. The van der Waals surface area contributed by atoms with Crippen molar-refractivity contribution in [3.63, 3.8) is 0 Å². The number of non-ortho nitro benzene ring substituents is 1. The SMILES string of the molecule is O=[N+]([O-])c1ccc(NCC2(CO)CC2)c(Br)c1. The summed E-state index contributed by atoms with van der Waals surface area (Å²) in [6.45, 7) is 0.879. The smallest absolute Gasteiger partial charge is 0.270 e. The number of hydrogen-bond donors (Lipinski definition) is 2. The molecule has 0 bridgehead atoms. The van der Waals surface area contributed by atoms with Crippen LogP contribution in [0.15, 0.2) is 22.7 Å². The van der Waals surface area contributed by atoms with E-state index in [9.17, 15) is 15.2 Å². The van der Waals surface area contributed by atoms with Gasteiger partial charge < -0.3 is 10.4 Å². The van der Waals surface area contributed by atoms with Crippen molar-refractivity contribution in [2.75, 3.05) is 18.5 Å². The third-order valence-electron chi connectivity index (χ3n) is 3.11. The fraction of sp³-hybridized carbons (Fsp3) is 0.455. The lowest BCUT2D eigenvalue weighted by Crippen LogP contribution is -2.19. The van der Waals surface area contributed by atoms with Crippen molar-refractivity contribution in [1.82, 2.24) is 0 Å². The predicted octanol–water partition coefficient (Wildman–Crippen LogP) is 2.54. The molecule has 0 atom stereocenters. The maximum absolute atomic E-state index is 10.6. The van der Waals surface area contributed by atoms with Crippen molar-refractivity contribution >= 4 is 27.3 Å². The van der Waals surface area contributed by atoms with Crippen molar-refractivity contribution in [2.24, 2.45) is 5.41 Å². The van der Waals surface area contributed by atoms with Gasteiger partial charge in [0.25, 0.3) is 5.69 Å². The molecule has 1 saturated carbocycles. The van der Waals surface area contributed by atoms with E-state index in [1.54, 1.807) is 6.07 Å². The molecule has 1 aromatic rings. The zero-order valence-corrected chi connectivity index (χ0v) is 10.7. The Morgan fingerprint density at radius 1 is 1.53 bits per heavy atom. The molecular formula is C11H13BrN2O3. The summed E-state index contributed by atoms with van der Waals surface area (Å²) in [4.78, 5) is 10.1. The fourth-order valence-electron chi connectivity index (χ4n) is 1.61. The van der Waals surface area contributed by atoms with E-state index in [1.165, 1.54) is 12.1 Å². The molecule has 0 aliphatic heterocycles. The van der Waals surface area contributed by atoms with Crippen LogP contribution < -0.4 is 5.32 Å². The second-order valence-corrected chi connectivity index (χ2v) is 5.29. The van der Waals surface area contributed by atoms with Crippen LogP contribution in [0.4, 0.5) is 11.4 Å². The standard InChI is InChI=1S/C11H13BrN2O3/c12-9-5-8(14(16)17)1-2-10(9)13-6-11(7-15)3-4-11/h1-2,5,13,15H,3-4,6-7H2. The van der Waals surface area contributed by atoms with E-state index in [0.717, 1.165) is 18.5 Å². The summed E-state index contributed by atoms with van der Waals surface area (Å²) in [5.74, 6) is 0. The van der Waals surface area contributed by atoms with Gasteiger partial charge in [0, 0.05) is 34.3 Å². The van der Waals surface area contributed by atoms with Crippen LogP contribution >= 0.6 is 15.9 Å². The van der Waals surface area contributed by atoms with E-state index >= 15 is 0 Å². The molecule has 2 N–H and O–H groups in total. The summed E-state index contributed by atoms with van der Waals surface area (Å²) in [6.07, 6.45) is 2.06. The van der Waals surface area contributed by atoms with Gasteiger partial charge in [-0.25, -0.2) is 0 Å². The monoisotopic (exact) mass is 300 g/mol. The first-order valence-corrected chi connectivity index (χ1v) is 6.14. The Morgan fingerprint density at radius 3 is 2.71 bits per heavy atom. The van der Waals surface area contributed by atoms with Gasteiger partial charge in [-0.1, -0.05) is 0 Å². The van der Waals surface area contributed by atoms with Gasteiger partial charge in [0.2, 0.25) is 0 Å². The number of benzene rings is 1. The van der Waals surface area contributed by atoms with Crippen molar-refractivity contribution < 1.29 is 10.0 Å². The van der Waals surface area contributed by atoms with Crippen LogP contribution in [-0.2, 0) is 0 Å². The molecule has 0 saturated heterocycles. The highest BCUT2D eigenvalue weighted by atomic mass is 79.9. The van der Waals surface area contributed by atoms with Crippen LogP contribution in [0.1, 0.15) is 12.8 Å². The molecule has 17 heavy (non-hydrogen) atoms. The molecule has 0 spiro atoms. The first kappa shape index (κ1) is 12.3. The van der Waals surface area contributed by atoms with Crippen LogP contribution in [0.5, 0.6) is 0 Å². The number of nitro groups is 1. The predicted molar refractivity (Wildman–Crippen MR) is 68.0 cm³/mol. The summed E-state index contributed by atoms with van der Waals surface area (Å²) < 4.78 is 0.667. The minimum Gasteiger partial charge on any atom is -0.396 e. The molecule has 1 aliphatic carbocycles. The van der Waals surface area contributed by atoms with Crippen molar-refractivity contribution in [3.05, 3.63) is 32.8 Å². The van der Waals surface area contributed by atoms with Crippen molar-refractivity contribution in [2.45, 2.75) is 12.8 Å². The molecule has 1 aliphatic rings. The van der Waals surface area contributed by atoms with Crippen LogP contribution in [0.25, 0.3) is 0 Å². The molecule has 1 fully saturated rings. The highest BCUT2D eigenvalue weighted by Gasteiger charge is 2.41. The number of halogens is 1. The Morgan fingerprint density at radius 2 is 2.24 bits per heavy atom. The highest BCUT2D eigenvalue weighted by molar-refractivity contribution is 9.10. The number of rotatable bonds is 5. The first-order valence-electron chi connectivity index (χ1n) is 5.35. The minimum absolute atomic E-state index is 0.0151. The fourth-order valence-corrected chi connectivity index (χ4v) is 2.12. The lowest BCUT2D eigenvalue weighted by atomic mass is 10.1. The lowest BCUT2D eigenvalue weighted by Gasteiger charge is -2.14. The zero-order valence-electron chi connectivity index (χ0n) is 9.15. The number of aliphatic hydroxyl groups excluding tert-OH is 1. The Bertz CT molecular complexity index is 446. The van der Waals surface area contributed by atoms with Gasteiger partial charge in [0.05, 0.1) is 11.5 Å². The normalized spacial score (nSPS) is 16.6. The van der Waals surface area contributed by atoms with Crippen molar-refractivity contribution in [3.8, 4) is 0 Å². The van der Waals surface area contributed by atoms with Crippen LogP contribution in [0, 0.1) is 15.5 Å². The number of hydrogen-bond acceptors (Lipinski definition) is 4. The Kier molecular flexibility index (Phi) is 3.35. The van der Waals surface area contributed by atoms with Crippen LogP contribution in [0.2, 0.25) is 0 Å². The van der Waals surface area contributed by atoms with Gasteiger partial charge in [0.15, 0.2) is 0 Å². The molecule has 2 rings (SSSR count). The largest absolute Gasteiger partial charge is 0.396 e. The van der Waals surface area contributed by atoms with Gasteiger partial charge in [-0.05, 0) is 34.8 Å². The Balaban J connectivity index is 2.04. The third kappa shape index (κ3) is 2.76. The van der Waals surface area contributed by atoms with E-state index in [0.29, 0.717) is 11.0 Å². The second-order valence-electron chi connectivity index (χ2n) is 4.43. The van der Waals surface area contributed by atoms with Crippen molar-refractivity contribution in [1.29, 1.82) is 0 Å². The van der Waals surface area contributed by atoms with Gasteiger partial charge in [0.1, 0.15) is 0 Å². The van der Waals surface area contributed by atoms with Gasteiger partial charge >= 0.3 is 0 Å².